The quantitative estimate of drug-likeness (QED) is 0.573. The van der Waals surface area contributed by atoms with E-state index in [1.807, 2.05) is 0 Å². The van der Waals surface area contributed by atoms with Crippen molar-refractivity contribution in [2.45, 2.75) is 37.4 Å². The van der Waals surface area contributed by atoms with E-state index in [0.29, 0.717) is 23.0 Å². The molecular formula is C9H18BrNO2S. The van der Waals surface area contributed by atoms with Crippen LogP contribution in [-0.4, -0.2) is 25.5 Å². The molecule has 1 atom stereocenters. The molecule has 0 aromatic rings. The first-order valence-corrected chi connectivity index (χ1v) is 7.68. The van der Waals surface area contributed by atoms with Crippen LogP contribution in [0.1, 0.15) is 32.6 Å². The van der Waals surface area contributed by atoms with Crippen molar-refractivity contribution in [1.29, 1.82) is 0 Å². The molecule has 84 valence electrons. The van der Waals surface area contributed by atoms with Crippen molar-refractivity contribution in [3.8, 4) is 0 Å². The number of alkyl halides is 1. The maximum absolute atomic E-state index is 11.4. The van der Waals surface area contributed by atoms with Gasteiger partial charge in [0.15, 0.2) is 0 Å². The van der Waals surface area contributed by atoms with Crippen LogP contribution in [-0.2, 0) is 10.0 Å². The van der Waals surface area contributed by atoms with Crippen LogP contribution in [0.25, 0.3) is 0 Å². The zero-order chi connectivity index (χ0) is 10.6. The SMILES string of the molecule is CC(Br)CCCNS(=O)(=O)CC1CC1. The van der Waals surface area contributed by atoms with E-state index in [-0.39, 0.29) is 0 Å². The Balaban J connectivity index is 2.09. The Labute approximate surface area is 94.8 Å². The highest BCUT2D eigenvalue weighted by atomic mass is 79.9. The normalized spacial score (nSPS) is 19.6. The van der Waals surface area contributed by atoms with Crippen LogP contribution >= 0.6 is 15.9 Å². The van der Waals surface area contributed by atoms with Crippen molar-refractivity contribution in [2.24, 2.45) is 5.92 Å². The Morgan fingerprint density at radius 3 is 2.64 bits per heavy atom. The number of hydrogen-bond donors (Lipinski definition) is 1. The molecule has 0 aliphatic heterocycles. The Bertz CT molecular complexity index is 260. The summed E-state index contributed by atoms with van der Waals surface area (Å²) in [5, 5.41) is 0. The van der Waals surface area contributed by atoms with Gasteiger partial charge in [0.05, 0.1) is 5.75 Å². The third kappa shape index (κ3) is 5.98. The maximum atomic E-state index is 11.4. The zero-order valence-corrected chi connectivity index (χ0v) is 10.9. The van der Waals surface area contributed by atoms with Crippen molar-refractivity contribution in [1.82, 2.24) is 4.72 Å². The Morgan fingerprint density at radius 2 is 2.14 bits per heavy atom. The van der Waals surface area contributed by atoms with Gasteiger partial charge in [-0.3, -0.25) is 0 Å². The first-order valence-electron chi connectivity index (χ1n) is 5.11. The van der Waals surface area contributed by atoms with Crippen LogP contribution < -0.4 is 4.72 Å². The number of hydrogen-bond acceptors (Lipinski definition) is 2. The molecule has 1 saturated carbocycles. The second-order valence-corrected chi connectivity index (χ2v) is 7.46. The van der Waals surface area contributed by atoms with Gasteiger partial charge in [-0.25, -0.2) is 13.1 Å². The van der Waals surface area contributed by atoms with E-state index < -0.39 is 10.0 Å². The second-order valence-electron chi connectivity index (χ2n) is 4.04. The van der Waals surface area contributed by atoms with Crippen molar-refractivity contribution in [3.63, 3.8) is 0 Å². The minimum Gasteiger partial charge on any atom is -0.215 e. The summed E-state index contributed by atoms with van der Waals surface area (Å²) in [6.07, 6.45) is 4.07. The van der Waals surface area contributed by atoms with Gasteiger partial charge in [0.2, 0.25) is 10.0 Å². The summed E-state index contributed by atoms with van der Waals surface area (Å²) in [5.41, 5.74) is 0. The molecule has 0 saturated heterocycles. The molecule has 1 unspecified atom stereocenters. The van der Waals surface area contributed by atoms with Crippen LogP contribution in [0.2, 0.25) is 0 Å². The fraction of sp³-hybridized carbons (Fsp3) is 1.00. The molecule has 0 spiro atoms. The average Bonchev–Trinajstić information content (AvgIpc) is 2.81. The minimum atomic E-state index is -2.98. The molecule has 1 fully saturated rings. The van der Waals surface area contributed by atoms with Gasteiger partial charge in [0.1, 0.15) is 0 Å². The fourth-order valence-corrected chi connectivity index (χ4v) is 3.12. The third-order valence-electron chi connectivity index (χ3n) is 2.25. The molecule has 0 amide bonds. The maximum Gasteiger partial charge on any atom is 0.211 e. The highest BCUT2D eigenvalue weighted by Gasteiger charge is 2.27. The van der Waals surface area contributed by atoms with Crippen molar-refractivity contribution < 1.29 is 8.42 Å². The summed E-state index contributed by atoms with van der Waals surface area (Å²) < 4.78 is 25.4. The molecule has 0 heterocycles. The predicted octanol–water partition coefficient (Wildman–Crippen LogP) is 1.88. The summed E-state index contributed by atoms with van der Waals surface area (Å²) >= 11 is 3.43. The van der Waals surface area contributed by atoms with Crippen LogP contribution in [0, 0.1) is 5.92 Å². The number of nitrogens with one attached hydrogen (secondary N) is 1. The number of sulfonamides is 1. The van der Waals surface area contributed by atoms with E-state index in [2.05, 4.69) is 27.6 Å². The predicted molar refractivity (Wildman–Crippen MR) is 62.1 cm³/mol. The standard InChI is InChI=1S/C9H18BrNO2S/c1-8(10)3-2-6-11-14(12,13)7-9-4-5-9/h8-9,11H,2-7H2,1H3. The number of halogens is 1. The van der Waals surface area contributed by atoms with Gasteiger partial charge in [0, 0.05) is 11.4 Å². The highest BCUT2D eigenvalue weighted by molar-refractivity contribution is 9.09. The lowest BCUT2D eigenvalue weighted by Crippen LogP contribution is -2.28. The fourth-order valence-electron chi connectivity index (χ4n) is 1.26. The molecule has 1 aliphatic carbocycles. The van der Waals surface area contributed by atoms with E-state index in [4.69, 9.17) is 0 Å². The number of rotatable bonds is 7. The van der Waals surface area contributed by atoms with Gasteiger partial charge in [0.25, 0.3) is 0 Å². The van der Waals surface area contributed by atoms with Gasteiger partial charge in [-0.15, -0.1) is 0 Å². The van der Waals surface area contributed by atoms with E-state index in [1.54, 1.807) is 0 Å². The minimum absolute atomic E-state index is 0.330. The first-order chi connectivity index (χ1) is 6.49. The molecule has 14 heavy (non-hydrogen) atoms. The van der Waals surface area contributed by atoms with Crippen LogP contribution in [0.4, 0.5) is 0 Å². The van der Waals surface area contributed by atoms with Gasteiger partial charge >= 0.3 is 0 Å². The van der Waals surface area contributed by atoms with E-state index in [9.17, 15) is 8.42 Å². The van der Waals surface area contributed by atoms with Crippen LogP contribution in [0.15, 0.2) is 0 Å². The molecule has 5 heteroatoms. The van der Waals surface area contributed by atoms with Gasteiger partial charge in [-0.1, -0.05) is 22.9 Å². The van der Waals surface area contributed by atoms with Crippen LogP contribution in [0.5, 0.6) is 0 Å². The van der Waals surface area contributed by atoms with E-state index >= 15 is 0 Å². The van der Waals surface area contributed by atoms with Gasteiger partial charge < -0.3 is 0 Å². The largest absolute Gasteiger partial charge is 0.215 e. The van der Waals surface area contributed by atoms with Gasteiger partial charge in [-0.2, -0.15) is 0 Å². The molecule has 1 aliphatic rings. The lowest BCUT2D eigenvalue weighted by atomic mass is 10.2. The van der Waals surface area contributed by atoms with E-state index in [0.717, 1.165) is 25.7 Å². The van der Waals surface area contributed by atoms with Crippen LogP contribution in [0.3, 0.4) is 0 Å². The monoisotopic (exact) mass is 283 g/mol. The Morgan fingerprint density at radius 1 is 1.50 bits per heavy atom. The van der Waals surface area contributed by atoms with Crippen molar-refractivity contribution >= 4 is 26.0 Å². The Kier molecular flexibility index (Phi) is 4.87. The molecule has 1 rings (SSSR count). The lowest BCUT2D eigenvalue weighted by Gasteiger charge is -2.06. The summed E-state index contributed by atoms with van der Waals surface area (Å²) in [6.45, 7) is 2.64. The molecule has 0 aromatic carbocycles. The average molecular weight is 284 g/mol. The Hall–Kier alpha value is 0.390. The first kappa shape index (κ1) is 12.5. The molecule has 0 bridgehead atoms. The summed E-state index contributed by atoms with van der Waals surface area (Å²) in [7, 11) is -2.98. The molecule has 0 radical (unpaired) electrons. The zero-order valence-electron chi connectivity index (χ0n) is 8.50. The second kappa shape index (κ2) is 5.47. The molecule has 0 aromatic heterocycles. The smallest absolute Gasteiger partial charge is 0.211 e. The molecular weight excluding hydrogens is 266 g/mol. The summed E-state index contributed by atoms with van der Waals surface area (Å²) in [6, 6.07) is 0. The lowest BCUT2D eigenvalue weighted by molar-refractivity contribution is 0.573. The summed E-state index contributed by atoms with van der Waals surface area (Å²) in [4.78, 5) is 0.468. The molecule has 3 nitrogen and oxygen atoms in total. The van der Waals surface area contributed by atoms with Crippen molar-refractivity contribution in [3.05, 3.63) is 0 Å². The van der Waals surface area contributed by atoms with Gasteiger partial charge in [-0.05, 0) is 31.6 Å². The highest BCUT2D eigenvalue weighted by Crippen LogP contribution is 2.29. The topological polar surface area (TPSA) is 46.2 Å². The van der Waals surface area contributed by atoms with Crippen molar-refractivity contribution in [2.75, 3.05) is 12.3 Å². The molecule has 1 N–H and O–H groups in total. The third-order valence-corrected chi connectivity index (χ3v) is 4.26. The summed E-state index contributed by atoms with van der Waals surface area (Å²) in [5.74, 6) is 0.763. The van der Waals surface area contributed by atoms with E-state index in [1.165, 1.54) is 0 Å².